The summed E-state index contributed by atoms with van der Waals surface area (Å²) in [5.41, 5.74) is 7.39. The lowest BCUT2D eigenvalue weighted by Gasteiger charge is -2.09. The average Bonchev–Trinajstić information content (AvgIpc) is 3.14. The number of carbonyl (C=O) groups excluding carboxylic acids is 1. The fourth-order valence-electron chi connectivity index (χ4n) is 2.62. The van der Waals surface area contributed by atoms with Crippen LogP contribution in [0, 0.1) is 0 Å². The number of benzene rings is 1. The van der Waals surface area contributed by atoms with E-state index >= 15 is 0 Å². The van der Waals surface area contributed by atoms with E-state index in [1.54, 1.807) is 35.6 Å². The van der Waals surface area contributed by atoms with Gasteiger partial charge >= 0.3 is 6.03 Å². The van der Waals surface area contributed by atoms with Crippen molar-refractivity contribution in [3.8, 4) is 11.4 Å². The maximum atomic E-state index is 12.0. The Balaban J connectivity index is 1.61. The number of anilines is 2. The van der Waals surface area contributed by atoms with Gasteiger partial charge in [0.2, 0.25) is 0 Å². The third kappa shape index (κ3) is 6.54. The quantitative estimate of drug-likeness (QED) is 0.528. The highest BCUT2D eigenvalue weighted by Crippen LogP contribution is 2.20. The molecule has 0 aliphatic heterocycles. The zero-order chi connectivity index (χ0) is 20.9. The summed E-state index contributed by atoms with van der Waals surface area (Å²) in [6.07, 6.45) is 1.92. The number of thiophene rings is 1. The van der Waals surface area contributed by atoms with E-state index in [2.05, 4.69) is 20.6 Å². The first-order valence-electron chi connectivity index (χ1n) is 8.77. The third-order valence-electron chi connectivity index (χ3n) is 3.85. The Kier molecular flexibility index (Phi) is 6.45. The molecule has 0 saturated carbocycles. The van der Waals surface area contributed by atoms with Gasteiger partial charge in [-0.1, -0.05) is 6.07 Å². The van der Waals surface area contributed by atoms with Gasteiger partial charge in [-0.25, -0.2) is 23.2 Å². The van der Waals surface area contributed by atoms with Gasteiger partial charge in [0, 0.05) is 35.0 Å². The zero-order valence-electron chi connectivity index (χ0n) is 15.8. The molecule has 8 nitrogen and oxygen atoms in total. The van der Waals surface area contributed by atoms with Crippen molar-refractivity contribution in [2.45, 2.75) is 12.2 Å². The molecule has 0 fully saturated rings. The van der Waals surface area contributed by atoms with E-state index in [1.807, 2.05) is 17.5 Å². The van der Waals surface area contributed by atoms with Crippen LogP contribution < -0.4 is 16.4 Å². The van der Waals surface area contributed by atoms with Gasteiger partial charge in [-0.15, -0.1) is 11.3 Å². The Morgan fingerprint density at radius 3 is 2.59 bits per heavy atom. The second-order valence-electron chi connectivity index (χ2n) is 6.47. The van der Waals surface area contributed by atoms with Crippen molar-refractivity contribution in [1.82, 2.24) is 15.3 Å². The van der Waals surface area contributed by atoms with Gasteiger partial charge in [0.25, 0.3) is 0 Å². The number of amides is 2. The van der Waals surface area contributed by atoms with Gasteiger partial charge in [0.05, 0.1) is 11.4 Å². The van der Waals surface area contributed by atoms with Crippen molar-refractivity contribution in [3.63, 3.8) is 0 Å². The Bertz CT molecular complexity index is 1080. The maximum absolute atomic E-state index is 12.0. The van der Waals surface area contributed by atoms with Gasteiger partial charge in [-0.05, 0) is 42.1 Å². The summed E-state index contributed by atoms with van der Waals surface area (Å²) in [4.78, 5) is 21.7. The number of nitrogen functional groups attached to an aromatic ring is 1. The van der Waals surface area contributed by atoms with Crippen LogP contribution in [-0.4, -0.2) is 37.2 Å². The predicted molar refractivity (Wildman–Crippen MR) is 115 cm³/mol. The first kappa shape index (κ1) is 20.7. The van der Waals surface area contributed by atoms with Crippen LogP contribution >= 0.6 is 11.3 Å². The van der Waals surface area contributed by atoms with E-state index in [-0.39, 0.29) is 17.6 Å². The summed E-state index contributed by atoms with van der Waals surface area (Å²) in [5, 5.41) is 7.58. The van der Waals surface area contributed by atoms with E-state index in [9.17, 15) is 13.2 Å². The lowest BCUT2D eigenvalue weighted by Crippen LogP contribution is -2.30. The van der Waals surface area contributed by atoms with E-state index < -0.39 is 9.84 Å². The number of urea groups is 1. The molecule has 3 rings (SSSR count). The first-order chi connectivity index (χ1) is 13.8. The Morgan fingerprint density at radius 1 is 1.17 bits per heavy atom. The molecule has 1 aromatic carbocycles. The molecule has 152 valence electrons. The normalized spacial score (nSPS) is 11.2. The Morgan fingerprint density at radius 2 is 1.93 bits per heavy atom. The molecule has 0 unspecified atom stereocenters. The highest BCUT2D eigenvalue weighted by molar-refractivity contribution is 7.89. The number of aromatic nitrogens is 2. The summed E-state index contributed by atoms with van der Waals surface area (Å²) >= 11 is 1.66. The van der Waals surface area contributed by atoms with Crippen molar-refractivity contribution in [3.05, 3.63) is 58.4 Å². The second kappa shape index (κ2) is 9.01. The largest absolute Gasteiger partial charge is 0.384 e. The van der Waals surface area contributed by atoms with Crippen molar-refractivity contribution < 1.29 is 13.2 Å². The topological polar surface area (TPSA) is 127 Å². The fraction of sp³-hybridized carbons (Fsp3) is 0.211. The number of nitrogens with two attached hydrogens (primary N) is 1. The van der Waals surface area contributed by atoms with Crippen molar-refractivity contribution in [1.29, 1.82) is 0 Å². The smallest absolute Gasteiger partial charge is 0.319 e. The molecule has 3 aromatic rings. The molecule has 2 heterocycles. The number of nitrogens with zero attached hydrogens (tertiary/aromatic N) is 2. The molecule has 0 aliphatic rings. The monoisotopic (exact) mass is 431 g/mol. The van der Waals surface area contributed by atoms with Crippen molar-refractivity contribution in [2.24, 2.45) is 0 Å². The molecule has 0 aliphatic carbocycles. The fourth-order valence-corrected chi connectivity index (χ4v) is 4.02. The molecule has 2 aromatic heterocycles. The maximum Gasteiger partial charge on any atom is 0.319 e. The van der Waals surface area contributed by atoms with E-state index in [0.717, 1.165) is 12.7 Å². The molecule has 10 heteroatoms. The molecule has 0 saturated heterocycles. The summed E-state index contributed by atoms with van der Waals surface area (Å²) in [6, 6.07) is 12.1. The molecule has 4 N–H and O–H groups in total. The number of nitrogens with one attached hydrogen (secondary N) is 2. The third-order valence-corrected chi connectivity index (χ3v) is 5.60. The van der Waals surface area contributed by atoms with Crippen LogP contribution in [0.3, 0.4) is 0 Å². The SMILES string of the molecule is CS(=O)(=O)Cc1cc(N)nc(-c2ccc(NC(=O)NCCc3cccs3)cc2)n1. The average molecular weight is 432 g/mol. The highest BCUT2D eigenvalue weighted by atomic mass is 32.2. The van der Waals surface area contributed by atoms with Crippen LogP contribution in [0.15, 0.2) is 47.8 Å². The van der Waals surface area contributed by atoms with Gasteiger partial charge in [-0.3, -0.25) is 0 Å². The minimum Gasteiger partial charge on any atom is -0.384 e. The van der Waals surface area contributed by atoms with Crippen molar-refractivity contribution >= 4 is 38.7 Å². The van der Waals surface area contributed by atoms with Crippen molar-refractivity contribution in [2.75, 3.05) is 23.9 Å². The lowest BCUT2D eigenvalue weighted by atomic mass is 10.2. The van der Waals surface area contributed by atoms with Gasteiger partial charge in [0.1, 0.15) is 5.82 Å². The van der Waals surface area contributed by atoms with E-state index in [0.29, 0.717) is 29.3 Å². The van der Waals surface area contributed by atoms with Gasteiger partial charge < -0.3 is 16.4 Å². The number of hydrogen-bond acceptors (Lipinski definition) is 7. The van der Waals surface area contributed by atoms with Gasteiger partial charge in [-0.2, -0.15) is 0 Å². The van der Waals surface area contributed by atoms with Crippen LogP contribution in [0.2, 0.25) is 0 Å². The Labute approximate surface area is 173 Å². The number of sulfone groups is 1. The number of hydrogen-bond donors (Lipinski definition) is 3. The second-order valence-corrected chi connectivity index (χ2v) is 9.64. The standard InChI is InChI=1S/C19H21N5O3S2/c1-29(26,27)12-15-11-17(20)24-18(22-15)13-4-6-14(7-5-13)23-19(25)21-9-8-16-3-2-10-28-16/h2-7,10-11H,8-9,12H2,1H3,(H2,20,22,24)(H2,21,23,25). The zero-order valence-corrected chi connectivity index (χ0v) is 17.4. The van der Waals surface area contributed by atoms with Crippen LogP contribution in [0.4, 0.5) is 16.3 Å². The summed E-state index contributed by atoms with van der Waals surface area (Å²) in [5.74, 6) is 0.314. The molecule has 0 bridgehead atoms. The van der Waals surface area contributed by atoms with E-state index in [1.165, 1.54) is 10.9 Å². The van der Waals surface area contributed by atoms with Crippen LogP contribution in [0.25, 0.3) is 11.4 Å². The minimum absolute atomic E-state index is 0.195. The molecular formula is C19H21N5O3S2. The summed E-state index contributed by atoms with van der Waals surface area (Å²) < 4.78 is 23.0. The predicted octanol–water partition coefficient (Wildman–Crippen LogP) is 2.70. The van der Waals surface area contributed by atoms with Crippen LogP contribution in [0.1, 0.15) is 10.6 Å². The number of carbonyl (C=O) groups is 1. The Hall–Kier alpha value is -2.98. The number of rotatable bonds is 7. The molecule has 0 radical (unpaired) electrons. The molecule has 29 heavy (non-hydrogen) atoms. The molecule has 2 amide bonds. The van der Waals surface area contributed by atoms with Crippen LogP contribution in [0.5, 0.6) is 0 Å². The van der Waals surface area contributed by atoms with Crippen LogP contribution in [-0.2, 0) is 22.0 Å². The minimum atomic E-state index is -3.23. The van der Waals surface area contributed by atoms with Gasteiger partial charge in [0.15, 0.2) is 15.7 Å². The van der Waals surface area contributed by atoms with E-state index in [4.69, 9.17) is 5.73 Å². The summed E-state index contributed by atoms with van der Waals surface area (Å²) in [7, 11) is -3.23. The molecular weight excluding hydrogens is 410 g/mol. The highest BCUT2D eigenvalue weighted by Gasteiger charge is 2.11. The molecule has 0 atom stereocenters. The molecule has 0 spiro atoms. The first-order valence-corrected chi connectivity index (χ1v) is 11.7. The lowest BCUT2D eigenvalue weighted by molar-refractivity contribution is 0.252. The summed E-state index contributed by atoms with van der Waals surface area (Å²) in [6.45, 7) is 0.546.